The van der Waals surface area contributed by atoms with Crippen molar-refractivity contribution in [2.24, 2.45) is 0 Å². The van der Waals surface area contributed by atoms with Crippen LogP contribution in [0.5, 0.6) is 11.6 Å². The highest BCUT2D eigenvalue weighted by atomic mass is 35.5. The van der Waals surface area contributed by atoms with E-state index in [1.165, 1.54) is 10.5 Å². The zero-order chi connectivity index (χ0) is 22.5. The normalized spacial score (nSPS) is 14.7. The maximum absolute atomic E-state index is 13.2. The molecule has 1 amide bonds. The molecule has 4 rings (SSSR count). The second-order valence-corrected chi connectivity index (χ2v) is 8.04. The lowest BCUT2D eigenvalue weighted by Gasteiger charge is -2.22. The molecule has 2 heterocycles. The van der Waals surface area contributed by atoms with E-state index in [1.807, 2.05) is 6.07 Å². The fraction of sp³-hybridized carbons (Fsp3) is 0.250. The predicted octanol–water partition coefficient (Wildman–Crippen LogP) is 4.50. The quantitative estimate of drug-likeness (QED) is 0.458. The van der Waals surface area contributed by atoms with Crippen LogP contribution in [0.1, 0.15) is 37.7 Å². The number of benzene rings is 1. The third-order valence-corrected chi connectivity index (χ3v) is 5.61. The summed E-state index contributed by atoms with van der Waals surface area (Å²) in [5.74, 6) is -0.0856. The molecule has 8 heteroatoms. The summed E-state index contributed by atoms with van der Waals surface area (Å²) in [5.41, 5.74) is -0.230. The summed E-state index contributed by atoms with van der Waals surface area (Å²) in [6, 6.07) is 13.7. The van der Waals surface area contributed by atoms with Gasteiger partial charge >= 0.3 is 0 Å². The Morgan fingerprint density at radius 1 is 1.19 bits per heavy atom. The van der Waals surface area contributed by atoms with E-state index in [1.54, 1.807) is 48.7 Å². The molecule has 162 valence electrons. The van der Waals surface area contributed by atoms with Crippen molar-refractivity contribution in [3.63, 3.8) is 0 Å². The van der Waals surface area contributed by atoms with Gasteiger partial charge in [0.25, 0.3) is 11.5 Å². The molecule has 0 unspecified atom stereocenters. The standard InChI is InChI=1S/C24H21ClN4O3/c25-17-9-11-19(12-10-17)32-23-20(24(31)29-13-5-4-8-21(29)28-23)14-16(15-26)22(30)27-18-6-2-1-3-7-18/h4-5,8-14,18H,1-3,6-7H2,(H,27,30)/b16-14+. The van der Waals surface area contributed by atoms with Crippen LogP contribution < -0.4 is 15.6 Å². The molecule has 2 aromatic heterocycles. The molecule has 3 aromatic rings. The largest absolute Gasteiger partial charge is 0.438 e. The summed E-state index contributed by atoms with van der Waals surface area (Å²) in [4.78, 5) is 30.4. The van der Waals surface area contributed by atoms with Crippen LogP contribution in [0.4, 0.5) is 0 Å². The van der Waals surface area contributed by atoms with Crippen molar-refractivity contribution in [2.75, 3.05) is 0 Å². The van der Waals surface area contributed by atoms with Crippen LogP contribution in [0.2, 0.25) is 5.02 Å². The minimum Gasteiger partial charge on any atom is -0.438 e. The highest BCUT2D eigenvalue weighted by molar-refractivity contribution is 6.30. The Bertz CT molecular complexity index is 1270. The first kappa shape index (κ1) is 21.6. The van der Waals surface area contributed by atoms with Gasteiger partial charge in [-0.3, -0.25) is 14.0 Å². The van der Waals surface area contributed by atoms with Crippen LogP contribution in [0.25, 0.3) is 11.7 Å². The molecule has 7 nitrogen and oxygen atoms in total. The lowest BCUT2D eigenvalue weighted by molar-refractivity contribution is -0.117. The van der Waals surface area contributed by atoms with Gasteiger partial charge in [-0.15, -0.1) is 0 Å². The lowest BCUT2D eigenvalue weighted by Crippen LogP contribution is -2.36. The first-order chi connectivity index (χ1) is 15.5. The first-order valence-electron chi connectivity index (χ1n) is 10.4. The van der Waals surface area contributed by atoms with Gasteiger partial charge in [-0.05, 0) is 55.3 Å². The zero-order valence-electron chi connectivity index (χ0n) is 17.3. The molecule has 1 aliphatic carbocycles. The highest BCUT2D eigenvalue weighted by Gasteiger charge is 2.20. The Balaban J connectivity index is 1.75. The Morgan fingerprint density at radius 3 is 2.66 bits per heavy atom. The number of aromatic nitrogens is 2. The molecule has 32 heavy (non-hydrogen) atoms. The molecule has 0 radical (unpaired) electrons. The third-order valence-electron chi connectivity index (χ3n) is 5.36. The second-order valence-electron chi connectivity index (χ2n) is 7.60. The topological polar surface area (TPSA) is 96.5 Å². The first-order valence-corrected chi connectivity index (χ1v) is 10.8. The van der Waals surface area contributed by atoms with Crippen molar-refractivity contribution in [2.45, 2.75) is 38.1 Å². The molecule has 1 aromatic carbocycles. The second kappa shape index (κ2) is 9.67. The van der Waals surface area contributed by atoms with Crippen molar-refractivity contribution in [1.82, 2.24) is 14.7 Å². The van der Waals surface area contributed by atoms with E-state index in [-0.39, 0.29) is 23.1 Å². The van der Waals surface area contributed by atoms with E-state index in [9.17, 15) is 14.9 Å². The maximum atomic E-state index is 13.2. The number of halogens is 1. The molecule has 0 bridgehead atoms. The Hall–Kier alpha value is -3.63. The summed E-state index contributed by atoms with van der Waals surface area (Å²) in [5, 5.41) is 13.1. The Morgan fingerprint density at radius 2 is 1.94 bits per heavy atom. The maximum Gasteiger partial charge on any atom is 0.269 e. The summed E-state index contributed by atoms with van der Waals surface area (Å²) < 4.78 is 7.20. The van der Waals surface area contributed by atoms with Crippen molar-refractivity contribution < 1.29 is 9.53 Å². The molecular weight excluding hydrogens is 428 g/mol. The summed E-state index contributed by atoms with van der Waals surface area (Å²) in [6.45, 7) is 0. The van der Waals surface area contributed by atoms with Gasteiger partial charge < -0.3 is 10.1 Å². The summed E-state index contributed by atoms with van der Waals surface area (Å²) in [6.07, 6.45) is 7.83. The van der Waals surface area contributed by atoms with Gasteiger partial charge in [0.2, 0.25) is 5.88 Å². The minimum absolute atomic E-state index is 0.00161. The number of amides is 1. The molecule has 0 aliphatic heterocycles. The fourth-order valence-corrected chi connectivity index (χ4v) is 3.83. The lowest BCUT2D eigenvalue weighted by atomic mass is 9.95. The van der Waals surface area contributed by atoms with Gasteiger partial charge in [-0.1, -0.05) is 36.9 Å². The van der Waals surface area contributed by atoms with Crippen LogP contribution in [0, 0.1) is 11.3 Å². The van der Waals surface area contributed by atoms with Crippen LogP contribution in [-0.2, 0) is 4.79 Å². The number of fused-ring (bicyclic) bond motifs is 1. The molecular formula is C24H21ClN4O3. The number of nitriles is 1. The zero-order valence-corrected chi connectivity index (χ0v) is 18.0. The monoisotopic (exact) mass is 448 g/mol. The molecule has 0 saturated heterocycles. The van der Waals surface area contributed by atoms with E-state index in [4.69, 9.17) is 16.3 Å². The summed E-state index contributed by atoms with van der Waals surface area (Å²) >= 11 is 5.94. The fourth-order valence-electron chi connectivity index (χ4n) is 3.70. The number of ether oxygens (including phenoxy) is 1. The number of nitrogens with zero attached hydrogens (tertiary/aromatic N) is 3. The van der Waals surface area contributed by atoms with Gasteiger partial charge in [0.1, 0.15) is 28.6 Å². The molecule has 1 N–H and O–H groups in total. The van der Waals surface area contributed by atoms with E-state index < -0.39 is 11.5 Å². The molecule has 1 fully saturated rings. The minimum atomic E-state index is -0.505. The number of rotatable bonds is 5. The van der Waals surface area contributed by atoms with Gasteiger partial charge in [0.05, 0.1) is 0 Å². The molecule has 0 atom stereocenters. The van der Waals surface area contributed by atoms with Crippen molar-refractivity contribution in [1.29, 1.82) is 5.26 Å². The van der Waals surface area contributed by atoms with E-state index in [0.717, 1.165) is 32.1 Å². The highest BCUT2D eigenvalue weighted by Crippen LogP contribution is 2.25. The van der Waals surface area contributed by atoms with Gasteiger partial charge in [0.15, 0.2) is 0 Å². The van der Waals surface area contributed by atoms with Crippen LogP contribution >= 0.6 is 11.6 Å². The predicted molar refractivity (Wildman–Crippen MR) is 122 cm³/mol. The van der Waals surface area contributed by atoms with Crippen molar-refractivity contribution in [3.8, 4) is 17.7 Å². The number of pyridine rings is 1. The number of hydrogen-bond donors (Lipinski definition) is 1. The van der Waals surface area contributed by atoms with Gasteiger partial charge in [0, 0.05) is 17.3 Å². The van der Waals surface area contributed by atoms with E-state index in [0.29, 0.717) is 16.4 Å². The van der Waals surface area contributed by atoms with Gasteiger partial charge in [-0.2, -0.15) is 10.2 Å². The smallest absolute Gasteiger partial charge is 0.269 e. The SMILES string of the molecule is N#C/C(=C\c1c(Oc2ccc(Cl)cc2)nc2ccccn2c1=O)C(=O)NC1CCCCC1. The van der Waals surface area contributed by atoms with E-state index in [2.05, 4.69) is 10.3 Å². The number of carbonyl (C=O) groups is 1. The molecule has 1 aliphatic rings. The van der Waals surface area contributed by atoms with E-state index >= 15 is 0 Å². The number of carbonyl (C=O) groups excluding carboxylic acids is 1. The third kappa shape index (κ3) is 4.82. The average molecular weight is 449 g/mol. The van der Waals surface area contributed by atoms with Gasteiger partial charge in [-0.25, -0.2) is 0 Å². The number of hydrogen-bond acceptors (Lipinski definition) is 5. The molecule has 0 spiro atoms. The van der Waals surface area contributed by atoms with Crippen molar-refractivity contribution in [3.05, 3.63) is 75.2 Å². The van der Waals surface area contributed by atoms with Crippen molar-refractivity contribution >= 4 is 29.2 Å². The summed E-state index contributed by atoms with van der Waals surface area (Å²) in [7, 11) is 0. The van der Waals surface area contributed by atoms with Crippen LogP contribution in [0.15, 0.2) is 59.0 Å². The molecule has 1 saturated carbocycles. The Kier molecular flexibility index (Phi) is 6.52. The Labute approximate surface area is 189 Å². The number of nitrogens with one attached hydrogen (secondary N) is 1. The van der Waals surface area contributed by atoms with Crippen LogP contribution in [-0.4, -0.2) is 21.3 Å². The average Bonchev–Trinajstić information content (AvgIpc) is 2.81. The van der Waals surface area contributed by atoms with Crippen LogP contribution in [0.3, 0.4) is 0 Å².